The summed E-state index contributed by atoms with van der Waals surface area (Å²) in [6.45, 7) is 0.920. The maximum Gasteiger partial charge on any atom is 0.251 e. The molecule has 0 bridgehead atoms. The highest BCUT2D eigenvalue weighted by Crippen LogP contribution is 2.31. The van der Waals surface area contributed by atoms with Crippen LogP contribution in [0.15, 0.2) is 78.2 Å². The van der Waals surface area contributed by atoms with Crippen molar-refractivity contribution in [3.8, 4) is 22.8 Å². The second-order valence-corrected chi connectivity index (χ2v) is 8.21. The van der Waals surface area contributed by atoms with Gasteiger partial charge in [-0.15, -0.1) is 10.2 Å². The van der Waals surface area contributed by atoms with Crippen LogP contribution in [0.25, 0.3) is 17.1 Å². The molecule has 0 spiro atoms. The molecule has 1 amide bonds. The average Bonchev–Trinajstić information content (AvgIpc) is 3.32. The first-order chi connectivity index (χ1) is 16.7. The second-order valence-electron chi connectivity index (χ2n) is 7.27. The number of ether oxygens (including phenoxy) is 2. The van der Waals surface area contributed by atoms with Crippen LogP contribution < -0.4 is 10.1 Å². The van der Waals surface area contributed by atoms with Crippen LogP contribution in [0.5, 0.6) is 5.75 Å². The lowest BCUT2D eigenvalue weighted by Crippen LogP contribution is -2.27. The highest BCUT2D eigenvalue weighted by molar-refractivity contribution is 7.98. The summed E-state index contributed by atoms with van der Waals surface area (Å²) in [6, 6.07) is 19.1. The fourth-order valence-corrected chi connectivity index (χ4v) is 4.34. The number of pyridine rings is 1. The summed E-state index contributed by atoms with van der Waals surface area (Å²) in [7, 11) is 3.25. The normalized spacial score (nSPS) is 10.8. The first kappa shape index (κ1) is 23.5. The number of aromatic nitrogens is 4. The summed E-state index contributed by atoms with van der Waals surface area (Å²) in [5.74, 6) is 1.91. The predicted octanol–water partition coefficient (Wildman–Crippen LogP) is 4.01. The highest BCUT2D eigenvalue weighted by atomic mass is 32.2. The van der Waals surface area contributed by atoms with Gasteiger partial charge in [-0.1, -0.05) is 30.0 Å². The van der Waals surface area contributed by atoms with E-state index in [0.717, 1.165) is 22.6 Å². The van der Waals surface area contributed by atoms with Gasteiger partial charge in [-0.05, 0) is 48.0 Å². The summed E-state index contributed by atoms with van der Waals surface area (Å²) >= 11 is 1.52. The molecule has 0 saturated heterocycles. The lowest BCUT2D eigenvalue weighted by Gasteiger charge is -2.12. The third-order valence-electron chi connectivity index (χ3n) is 5.11. The molecule has 2 aromatic heterocycles. The molecular weight excluding hydrogens is 450 g/mol. The third kappa shape index (κ3) is 5.44. The molecule has 34 heavy (non-hydrogen) atoms. The van der Waals surface area contributed by atoms with E-state index in [1.807, 2.05) is 65.2 Å². The zero-order chi connectivity index (χ0) is 23.8. The number of nitrogens with one attached hydrogen (secondary N) is 1. The molecule has 8 nitrogen and oxygen atoms in total. The van der Waals surface area contributed by atoms with Crippen molar-refractivity contribution < 1.29 is 14.3 Å². The van der Waals surface area contributed by atoms with Crippen molar-refractivity contribution in [2.45, 2.75) is 10.9 Å². The van der Waals surface area contributed by atoms with E-state index in [9.17, 15) is 4.79 Å². The number of carbonyl (C=O) groups is 1. The molecule has 0 aliphatic carbocycles. The number of rotatable bonds is 10. The molecule has 174 valence electrons. The number of methoxy groups -OCH3 is 2. The van der Waals surface area contributed by atoms with Crippen molar-refractivity contribution in [3.63, 3.8) is 0 Å². The number of benzene rings is 2. The van der Waals surface area contributed by atoms with Gasteiger partial charge < -0.3 is 14.8 Å². The van der Waals surface area contributed by atoms with E-state index < -0.39 is 0 Å². The number of thioether (sulfide) groups is 1. The fraction of sp³-hybridized carbons (Fsp3) is 0.200. The lowest BCUT2D eigenvalue weighted by molar-refractivity contribution is 0.0936. The van der Waals surface area contributed by atoms with E-state index in [1.165, 1.54) is 11.8 Å². The molecule has 0 atom stereocenters. The predicted molar refractivity (Wildman–Crippen MR) is 131 cm³/mol. The maximum absolute atomic E-state index is 12.7. The van der Waals surface area contributed by atoms with Crippen molar-refractivity contribution in [1.29, 1.82) is 0 Å². The van der Waals surface area contributed by atoms with Crippen molar-refractivity contribution in [2.75, 3.05) is 27.4 Å². The van der Waals surface area contributed by atoms with Crippen LogP contribution in [0.1, 0.15) is 15.9 Å². The van der Waals surface area contributed by atoms with Crippen molar-refractivity contribution >= 4 is 17.7 Å². The van der Waals surface area contributed by atoms with Crippen LogP contribution in [0, 0.1) is 0 Å². The molecule has 0 saturated carbocycles. The van der Waals surface area contributed by atoms with Gasteiger partial charge in [0, 0.05) is 48.6 Å². The van der Waals surface area contributed by atoms with Crippen LogP contribution in [-0.2, 0) is 10.5 Å². The Morgan fingerprint density at radius 2 is 1.76 bits per heavy atom. The summed E-state index contributed by atoms with van der Waals surface area (Å²) in [4.78, 5) is 16.8. The molecule has 0 unspecified atom stereocenters. The molecule has 0 fully saturated rings. The average molecular weight is 476 g/mol. The van der Waals surface area contributed by atoms with Gasteiger partial charge in [0.2, 0.25) is 0 Å². The van der Waals surface area contributed by atoms with Crippen LogP contribution in [0.4, 0.5) is 0 Å². The van der Waals surface area contributed by atoms with Gasteiger partial charge in [-0.3, -0.25) is 14.3 Å². The lowest BCUT2D eigenvalue weighted by atomic mass is 10.1. The molecule has 0 radical (unpaired) electrons. The van der Waals surface area contributed by atoms with Gasteiger partial charge in [0.05, 0.1) is 13.7 Å². The summed E-state index contributed by atoms with van der Waals surface area (Å²) in [5, 5.41) is 12.5. The van der Waals surface area contributed by atoms with Crippen LogP contribution in [0.2, 0.25) is 0 Å². The molecule has 2 aromatic carbocycles. The van der Waals surface area contributed by atoms with Gasteiger partial charge in [-0.2, -0.15) is 0 Å². The van der Waals surface area contributed by atoms with Gasteiger partial charge in [0.25, 0.3) is 5.91 Å². The van der Waals surface area contributed by atoms with Crippen molar-refractivity contribution in [1.82, 2.24) is 25.1 Å². The fourth-order valence-electron chi connectivity index (χ4n) is 3.39. The summed E-state index contributed by atoms with van der Waals surface area (Å²) in [6.07, 6.45) is 3.46. The number of carbonyl (C=O) groups excluding carboxylic acids is 1. The Balaban J connectivity index is 1.63. The minimum atomic E-state index is -0.123. The van der Waals surface area contributed by atoms with Gasteiger partial charge >= 0.3 is 0 Å². The standard InChI is InChI=1S/C25H25N5O3S/c1-32-16-15-27-24(31)22-6-4-3-5-19(22)17-34-25-29-28-23(18-11-13-26-14-12-18)30(25)20-7-9-21(33-2)10-8-20/h3-14H,15-17H2,1-2H3,(H,27,31). The van der Waals surface area contributed by atoms with Crippen LogP contribution >= 0.6 is 11.8 Å². The zero-order valence-corrected chi connectivity index (χ0v) is 19.8. The Labute approximate surface area is 202 Å². The maximum atomic E-state index is 12.7. The Morgan fingerprint density at radius 3 is 2.50 bits per heavy atom. The second kappa shape index (κ2) is 11.4. The first-order valence-electron chi connectivity index (χ1n) is 10.7. The topological polar surface area (TPSA) is 91.2 Å². The van der Waals surface area contributed by atoms with E-state index in [4.69, 9.17) is 9.47 Å². The minimum absolute atomic E-state index is 0.123. The highest BCUT2D eigenvalue weighted by Gasteiger charge is 2.18. The zero-order valence-electron chi connectivity index (χ0n) is 19.0. The Hall–Kier alpha value is -3.69. The van der Waals surface area contributed by atoms with E-state index in [-0.39, 0.29) is 5.91 Å². The minimum Gasteiger partial charge on any atom is -0.497 e. The van der Waals surface area contributed by atoms with Gasteiger partial charge in [0.1, 0.15) is 5.75 Å². The molecule has 2 heterocycles. The van der Waals surface area contributed by atoms with Gasteiger partial charge in [-0.25, -0.2) is 0 Å². The molecule has 0 aliphatic rings. The Morgan fingerprint density at radius 1 is 1.00 bits per heavy atom. The summed E-state index contributed by atoms with van der Waals surface area (Å²) in [5.41, 5.74) is 3.36. The molecular formula is C25H25N5O3S. The third-order valence-corrected chi connectivity index (χ3v) is 6.09. The van der Waals surface area contributed by atoms with Crippen molar-refractivity contribution in [3.05, 3.63) is 84.2 Å². The van der Waals surface area contributed by atoms with Crippen LogP contribution in [-0.4, -0.2) is 53.0 Å². The number of nitrogens with zero attached hydrogens (tertiary/aromatic N) is 4. The molecule has 0 aliphatic heterocycles. The largest absolute Gasteiger partial charge is 0.497 e. The van der Waals surface area contributed by atoms with E-state index in [1.54, 1.807) is 26.6 Å². The smallest absolute Gasteiger partial charge is 0.251 e. The number of hydrogen-bond donors (Lipinski definition) is 1. The molecule has 1 N–H and O–H groups in total. The first-order valence-corrected chi connectivity index (χ1v) is 11.7. The Bertz CT molecular complexity index is 1230. The Kier molecular flexibility index (Phi) is 7.90. The molecule has 9 heteroatoms. The molecule has 4 aromatic rings. The van der Waals surface area contributed by atoms with Crippen molar-refractivity contribution in [2.24, 2.45) is 0 Å². The number of amides is 1. The quantitative estimate of drug-likeness (QED) is 0.274. The molecule has 4 rings (SSSR count). The number of hydrogen-bond acceptors (Lipinski definition) is 7. The van der Waals surface area contributed by atoms with E-state index in [2.05, 4.69) is 20.5 Å². The van der Waals surface area contributed by atoms with Gasteiger partial charge in [0.15, 0.2) is 11.0 Å². The SMILES string of the molecule is COCCNC(=O)c1ccccc1CSc1nnc(-c2ccncc2)n1-c1ccc(OC)cc1. The van der Waals surface area contributed by atoms with Crippen LogP contribution in [0.3, 0.4) is 0 Å². The summed E-state index contributed by atoms with van der Waals surface area (Å²) < 4.78 is 12.3. The van der Waals surface area contributed by atoms with E-state index in [0.29, 0.717) is 35.4 Å². The van der Waals surface area contributed by atoms with E-state index >= 15 is 0 Å². The monoisotopic (exact) mass is 475 g/mol.